The molecule has 37 heavy (non-hydrogen) atoms. The second kappa shape index (κ2) is 7.41. The summed E-state index contributed by atoms with van der Waals surface area (Å²) >= 11 is 0. The van der Waals surface area contributed by atoms with E-state index in [4.69, 9.17) is 5.10 Å². The van der Waals surface area contributed by atoms with Gasteiger partial charge in [-0.05, 0) is 96.2 Å². The van der Waals surface area contributed by atoms with Crippen molar-refractivity contribution >= 4 is 11.6 Å². The summed E-state index contributed by atoms with van der Waals surface area (Å²) in [6.07, 6.45) is 10.9. The summed E-state index contributed by atoms with van der Waals surface area (Å²) in [4.78, 5) is 29.1. The van der Waals surface area contributed by atoms with E-state index in [0.29, 0.717) is 23.9 Å². The van der Waals surface area contributed by atoms with Gasteiger partial charge in [-0.3, -0.25) is 9.59 Å². The van der Waals surface area contributed by atoms with Crippen LogP contribution in [0, 0.1) is 44.8 Å². The second-order valence-electron chi connectivity index (χ2n) is 15.6. The van der Waals surface area contributed by atoms with Crippen molar-refractivity contribution in [2.45, 2.75) is 112 Å². The summed E-state index contributed by atoms with van der Waals surface area (Å²) in [6.45, 7) is 16.4. The van der Waals surface area contributed by atoms with Crippen LogP contribution < -0.4 is 0 Å². The Kier molecular flexibility index (Phi) is 5.09. The number of Topliss-reactive ketones (excluding diaryl/α,β-unsaturated/α-hetero) is 1. The molecule has 7 atom stereocenters. The second-order valence-corrected chi connectivity index (χ2v) is 15.6. The molecule has 6 nitrogen and oxygen atoms in total. The lowest BCUT2D eigenvalue weighted by molar-refractivity contribution is -0.165. The minimum Gasteiger partial charge on any atom is -0.299 e. The zero-order chi connectivity index (χ0) is 26.8. The van der Waals surface area contributed by atoms with E-state index in [-0.39, 0.29) is 44.3 Å². The topological polar surface area (TPSA) is 77.7 Å². The fourth-order valence-corrected chi connectivity index (χ4v) is 10.7. The van der Waals surface area contributed by atoms with Gasteiger partial charge in [0.2, 0.25) is 0 Å². The number of hydrogen-bond donors (Lipinski definition) is 0. The summed E-state index contributed by atoms with van der Waals surface area (Å²) in [6, 6.07) is 0. The van der Waals surface area contributed by atoms with Crippen LogP contribution in [0.3, 0.4) is 0 Å². The minimum absolute atomic E-state index is 0.0308. The zero-order valence-corrected chi connectivity index (χ0v) is 24.3. The largest absolute Gasteiger partial charge is 0.299 e. The molecule has 0 aliphatic heterocycles. The van der Waals surface area contributed by atoms with Crippen molar-refractivity contribution in [2.24, 2.45) is 51.9 Å². The van der Waals surface area contributed by atoms with E-state index in [2.05, 4.69) is 64.9 Å². The monoisotopic (exact) mass is 506 g/mol. The number of aryl methyl sites for hydroxylation is 1. The number of allylic oxidation sites excluding steroid dienone is 2. The van der Waals surface area contributed by atoms with Crippen LogP contribution in [0.1, 0.15) is 112 Å². The number of tetrazole rings is 1. The predicted octanol–water partition coefficient (Wildman–Crippen LogP) is 6.01. The SMILES string of the molecule is Cn1nnc([C@]23CCC(C)(C)C[C@H]2[C@H]2C(=O)C=C4[C@@]5(C)CCC(=O)C(C)(C)[C@@H]5CC[C@@]4(C)[C@]2(C)CC3)n1. The number of nitrogens with zero attached hydrogens (tertiary/aromatic N) is 4. The first kappa shape index (κ1) is 25.4. The minimum atomic E-state index is -0.331. The van der Waals surface area contributed by atoms with Crippen LogP contribution in [0.2, 0.25) is 0 Å². The molecule has 5 aliphatic carbocycles. The third kappa shape index (κ3) is 3.07. The Hall–Kier alpha value is -1.85. The molecule has 1 aromatic rings. The van der Waals surface area contributed by atoms with Gasteiger partial charge in [-0.2, -0.15) is 4.80 Å². The first-order chi connectivity index (χ1) is 17.1. The maximum atomic E-state index is 14.5. The van der Waals surface area contributed by atoms with Gasteiger partial charge in [0.05, 0.1) is 7.05 Å². The molecule has 1 aromatic heterocycles. The molecule has 0 saturated heterocycles. The number of ketones is 2. The van der Waals surface area contributed by atoms with Crippen LogP contribution in [-0.4, -0.2) is 31.8 Å². The number of aromatic nitrogens is 4. The van der Waals surface area contributed by atoms with E-state index in [0.717, 1.165) is 57.2 Å². The van der Waals surface area contributed by atoms with Crippen LogP contribution >= 0.6 is 0 Å². The molecular formula is C31H46N4O2. The average molecular weight is 507 g/mol. The Morgan fingerprint density at radius 2 is 1.62 bits per heavy atom. The van der Waals surface area contributed by atoms with Gasteiger partial charge < -0.3 is 0 Å². The van der Waals surface area contributed by atoms with Crippen LogP contribution in [0.5, 0.6) is 0 Å². The van der Waals surface area contributed by atoms with Crippen molar-refractivity contribution in [3.63, 3.8) is 0 Å². The highest BCUT2D eigenvalue weighted by atomic mass is 16.1. The highest BCUT2D eigenvalue weighted by Gasteiger charge is 2.70. The van der Waals surface area contributed by atoms with Gasteiger partial charge in [-0.25, -0.2) is 0 Å². The molecule has 0 aromatic carbocycles. The maximum Gasteiger partial charge on any atom is 0.181 e. The van der Waals surface area contributed by atoms with Gasteiger partial charge in [0, 0.05) is 23.2 Å². The number of carbonyl (C=O) groups is 2. The molecule has 6 heteroatoms. The Labute approximate surface area is 222 Å². The van der Waals surface area contributed by atoms with E-state index >= 15 is 0 Å². The zero-order valence-electron chi connectivity index (χ0n) is 24.3. The van der Waals surface area contributed by atoms with E-state index in [1.54, 1.807) is 4.80 Å². The van der Waals surface area contributed by atoms with Gasteiger partial charge in [0.25, 0.3) is 0 Å². The molecule has 6 rings (SSSR count). The van der Waals surface area contributed by atoms with Crippen molar-refractivity contribution in [1.82, 2.24) is 20.2 Å². The first-order valence-corrected chi connectivity index (χ1v) is 14.7. The number of carbonyl (C=O) groups excluding carboxylic acids is 2. The number of rotatable bonds is 1. The third-order valence-corrected chi connectivity index (χ3v) is 13.1. The summed E-state index contributed by atoms with van der Waals surface area (Å²) in [5.74, 6) is 2.06. The number of fused-ring (bicyclic) bond motifs is 7. The summed E-state index contributed by atoms with van der Waals surface area (Å²) in [7, 11) is 1.85. The Balaban J connectivity index is 1.50. The van der Waals surface area contributed by atoms with Gasteiger partial charge in [-0.1, -0.05) is 54.0 Å². The lowest BCUT2D eigenvalue weighted by Gasteiger charge is -2.69. The highest BCUT2D eigenvalue weighted by Crippen LogP contribution is 2.74. The van der Waals surface area contributed by atoms with Crippen molar-refractivity contribution < 1.29 is 9.59 Å². The third-order valence-electron chi connectivity index (χ3n) is 13.1. The molecule has 1 heterocycles. The smallest absolute Gasteiger partial charge is 0.181 e. The highest BCUT2D eigenvalue weighted by molar-refractivity contribution is 5.96. The molecule has 0 bridgehead atoms. The van der Waals surface area contributed by atoms with E-state index in [9.17, 15) is 9.59 Å². The summed E-state index contributed by atoms with van der Waals surface area (Å²) in [5.41, 5.74) is 0.793. The van der Waals surface area contributed by atoms with Gasteiger partial charge in [0.15, 0.2) is 11.6 Å². The summed E-state index contributed by atoms with van der Waals surface area (Å²) < 4.78 is 0. The Morgan fingerprint density at radius 1 is 0.919 bits per heavy atom. The molecule has 0 N–H and O–H groups in total. The van der Waals surface area contributed by atoms with E-state index < -0.39 is 0 Å². The number of hydrogen-bond acceptors (Lipinski definition) is 5. The summed E-state index contributed by atoms with van der Waals surface area (Å²) in [5, 5.41) is 13.6. The molecule has 4 saturated carbocycles. The van der Waals surface area contributed by atoms with Gasteiger partial charge in [-0.15, -0.1) is 10.2 Å². The lowest BCUT2D eigenvalue weighted by Crippen LogP contribution is -2.66. The molecule has 5 aliphatic rings. The van der Waals surface area contributed by atoms with Crippen LogP contribution in [-0.2, 0) is 22.1 Å². The standard InChI is InChI=1S/C31H46N4O2/c1-26(2)13-15-31(25-32-34-35(8)33-25)16-14-30(7)24(19(31)18-26)20(36)17-22-28(5)11-10-23(37)27(3,4)21(28)9-12-29(22,30)6/h17,19,21,24H,9-16,18H2,1-8H3/t19-,21-,24-,28-,29+,30+,31-/m0/s1. The van der Waals surface area contributed by atoms with Crippen molar-refractivity contribution in [3.05, 3.63) is 17.5 Å². The van der Waals surface area contributed by atoms with Crippen LogP contribution in [0.15, 0.2) is 11.6 Å². The fourth-order valence-electron chi connectivity index (χ4n) is 10.7. The fraction of sp³-hybridized carbons (Fsp3) is 0.839. The quantitative estimate of drug-likeness (QED) is 0.466. The Bertz CT molecular complexity index is 1210. The van der Waals surface area contributed by atoms with Gasteiger partial charge >= 0.3 is 0 Å². The van der Waals surface area contributed by atoms with Crippen molar-refractivity contribution in [2.75, 3.05) is 0 Å². The van der Waals surface area contributed by atoms with Crippen LogP contribution in [0.4, 0.5) is 0 Å². The normalized spacial score (nSPS) is 46.3. The molecular weight excluding hydrogens is 460 g/mol. The molecule has 0 unspecified atom stereocenters. The van der Waals surface area contributed by atoms with Crippen molar-refractivity contribution in [3.8, 4) is 0 Å². The first-order valence-electron chi connectivity index (χ1n) is 14.7. The van der Waals surface area contributed by atoms with Crippen LogP contribution in [0.25, 0.3) is 0 Å². The van der Waals surface area contributed by atoms with Gasteiger partial charge in [0.1, 0.15) is 5.78 Å². The molecule has 0 spiro atoms. The predicted molar refractivity (Wildman–Crippen MR) is 142 cm³/mol. The lowest BCUT2D eigenvalue weighted by atomic mass is 9.34. The maximum absolute atomic E-state index is 14.5. The average Bonchev–Trinajstić information content (AvgIpc) is 3.25. The van der Waals surface area contributed by atoms with E-state index in [1.807, 2.05) is 7.05 Å². The molecule has 0 amide bonds. The molecule has 0 radical (unpaired) electrons. The van der Waals surface area contributed by atoms with Crippen molar-refractivity contribution in [1.29, 1.82) is 0 Å². The molecule has 202 valence electrons. The molecule has 4 fully saturated rings. The van der Waals surface area contributed by atoms with E-state index in [1.165, 1.54) is 5.57 Å². The Morgan fingerprint density at radius 3 is 2.30 bits per heavy atom.